The van der Waals surface area contributed by atoms with Crippen molar-refractivity contribution in [3.63, 3.8) is 0 Å². The summed E-state index contributed by atoms with van der Waals surface area (Å²) in [4.78, 5) is 4.04. The normalized spacial score (nSPS) is 12.9. The molecule has 15 heavy (non-hydrogen) atoms. The second kappa shape index (κ2) is 4.18. The maximum absolute atomic E-state index is 5.47. The van der Waals surface area contributed by atoms with Gasteiger partial charge in [0.25, 0.3) is 0 Å². The van der Waals surface area contributed by atoms with Gasteiger partial charge in [-0.25, -0.2) is 0 Å². The lowest BCUT2D eigenvalue weighted by Crippen LogP contribution is -2.21. The second-order valence-electron chi connectivity index (χ2n) is 3.36. The fourth-order valence-corrected chi connectivity index (χ4v) is 1.35. The first-order chi connectivity index (χ1) is 7.31. The number of hydrogen-bond acceptors (Lipinski definition) is 6. The van der Waals surface area contributed by atoms with Crippen molar-refractivity contribution in [3.8, 4) is 0 Å². The van der Waals surface area contributed by atoms with Crippen molar-refractivity contribution in [3.05, 3.63) is 12.4 Å². The molecule has 2 rings (SSSR count). The smallest absolute Gasteiger partial charge is 0.199 e. The summed E-state index contributed by atoms with van der Waals surface area (Å²) in [6.45, 7) is 2.70. The van der Waals surface area contributed by atoms with Gasteiger partial charge in [-0.1, -0.05) is 0 Å². The summed E-state index contributed by atoms with van der Waals surface area (Å²) in [6, 6.07) is 0.270. The molecule has 0 radical (unpaired) electrons. The fraction of sp³-hybridized carbons (Fsp3) is 0.500. The zero-order chi connectivity index (χ0) is 10.7. The first-order valence-corrected chi connectivity index (χ1v) is 4.80. The maximum Gasteiger partial charge on any atom is 0.199 e. The molecular weight excluding hydrogens is 194 g/mol. The number of tetrazole rings is 1. The van der Waals surface area contributed by atoms with Crippen LogP contribution in [0.25, 0.3) is 5.65 Å². The summed E-state index contributed by atoms with van der Waals surface area (Å²) >= 11 is 0. The van der Waals surface area contributed by atoms with E-state index in [1.165, 1.54) is 0 Å². The minimum Gasteiger partial charge on any atom is -0.366 e. The first-order valence-electron chi connectivity index (χ1n) is 4.80. The number of nitrogens with zero attached hydrogens (tertiary/aromatic N) is 5. The molecule has 80 valence electrons. The van der Waals surface area contributed by atoms with Gasteiger partial charge in [-0.15, -0.1) is 5.10 Å². The number of nitrogens with two attached hydrogens (primary N) is 1. The predicted octanol–water partition coefficient (Wildman–Crippen LogP) is -0.332. The van der Waals surface area contributed by atoms with Crippen LogP contribution in [0.2, 0.25) is 0 Å². The molecule has 2 heterocycles. The summed E-state index contributed by atoms with van der Waals surface area (Å²) in [5, 5.41) is 14.5. The Morgan fingerprint density at radius 3 is 3.20 bits per heavy atom. The van der Waals surface area contributed by atoms with Crippen molar-refractivity contribution >= 4 is 11.5 Å². The lowest BCUT2D eigenvalue weighted by Gasteiger charge is -2.13. The lowest BCUT2D eigenvalue weighted by atomic mass is 10.2. The van der Waals surface area contributed by atoms with Crippen LogP contribution in [0.4, 0.5) is 5.82 Å². The van der Waals surface area contributed by atoms with E-state index in [1.54, 1.807) is 16.9 Å². The number of aromatic nitrogens is 5. The van der Waals surface area contributed by atoms with E-state index in [0.717, 1.165) is 12.2 Å². The molecule has 0 aromatic carbocycles. The van der Waals surface area contributed by atoms with Gasteiger partial charge in [0.2, 0.25) is 0 Å². The van der Waals surface area contributed by atoms with Crippen molar-refractivity contribution in [1.29, 1.82) is 0 Å². The molecule has 7 heteroatoms. The van der Waals surface area contributed by atoms with E-state index >= 15 is 0 Å². The molecule has 1 atom stereocenters. The highest BCUT2D eigenvalue weighted by molar-refractivity contribution is 5.44. The highest BCUT2D eigenvalue weighted by Crippen LogP contribution is 2.08. The molecule has 0 aliphatic rings. The van der Waals surface area contributed by atoms with Gasteiger partial charge in [0.15, 0.2) is 11.5 Å². The summed E-state index contributed by atoms with van der Waals surface area (Å²) in [7, 11) is 0. The van der Waals surface area contributed by atoms with Crippen LogP contribution >= 0.6 is 0 Å². The van der Waals surface area contributed by atoms with Gasteiger partial charge in [-0.05, 0) is 30.3 Å². The monoisotopic (exact) mass is 207 g/mol. The Bertz CT molecular complexity index is 437. The average Bonchev–Trinajstić information content (AvgIpc) is 2.67. The number of fused-ring (bicyclic) bond motifs is 1. The molecule has 2 aromatic heterocycles. The van der Waals surface area contributed by atoms with E-state index in [1.807, 2.05) is 0 Å². The van der Waals surface area contributed by atoms with Crippen molar-refractivity contribution in [1.82, 2.24) is 25.0 Å². The molecule has 0 aliphatic heterocycles. The highest BCUT2D eigenvalue weighted by Gasteiger charge is 2.06. The van der Waals surface area contributed by atoms with Gasteiger partial charge in [-0.3, -0.25) is 4.98 Å². The third-order valence-corrected chi connectivity index (χ3v) is 2.10. The molecular formula is C8H13N7. The average molecular weight is 207 g/mol. The van der Waals surface area contributed by atoms with Crippen LogP contribution in [-0.4, -0.2) is 37.6 Å². The topological polar surface area (TPSA) is 94.0 Å². The fourth-order valence-electron chi connectivity index (χ4n) is 1.35. The number of rotatable bonds is 4. The predicted molar refractivity (Wildman–Crippen MR) is 55.3 cm³/mol. The Balaban J connectivity index is 2.23. The van der Waals surface area contributed by atoms with Crippen molar-refractivity contribution in [2.75, 3.05) is 11.9 Å². The molecule has 0 spiro atoms. The molecule has 0 amide bonds. The van der Waals surface area contributed by atoms with Crippen molar-refractivity contribution < 1.29 is 0 Å². The molecule has 0 aliphatic carbocycles. The molecule has 7 nitrogen and oxygen atoms in total. The Hall–Kier alpha value is -1.76. The molecule has 0 saturated carbocycles. The number of hydrogen-bond donors (Lipinski definition) is 2. The quantitative estimate of drug-likeness (QED) is 0.712. The Labute approximate surface area is 86.7 Å². The van der Waals surface area contributed by atoms with Crippen LogP contribution in [0.3, 0.4) is 0 Å². The molecule has 0 bridgehead atoms. The molecule has 1 unspecified atom stereocenters. The van der Waals surface area contributed by atoms with E-state index in [-0.39, 0.29) is 6.04 Å². The largest absolute Gasteiger partial charge is 0.366 e. The Morgan fingerprint density at radius 1 is 1.53 bits per heavy atom. The second-order valence-corrected chi connectivity index (χ2v) is 3.36. The van der Waals surface area contributed by atoms with Crippen LogP contribution in [0, 0.1) is 0 Å². The molecule has 2 aromatic rings. The van der Waals surface area contributed by atoms with Gasteiger partial charge in [0, 0.05) is 6.04 Å². The summed E-state index contributed by atoms with van der Waals surface area (Å²) < 4.78 is 1.61. The summed E-state index contributed by atoms with van der Waals surface area (Å²) in [6.07, 6.45) is 4.19. The Morgan fingerprint density at radius 2 is 2.40 bits per heavy atom. The minimum absolute atomic E-state index is 0.270. The van der Waals surface area contributed by atoms with Crippen molar-refractivity contribution in [2.45, 2.75) is 19.4 Å². The number of anilines is 1. The zero-order valence-electron chi connectivity index (χ0n) is 8.46. The van der Waals surface area contributed by atoms with E-state index < -0.39 is 0 Å². The summed E-state index contributed by atoms with van der Waals surface area (Å²) in [5.74, 6) is 0.776. The van der Waals surface area contributed by atoms with Crippen molar-refractivity contribution in [2.24, 2.45) is 5.73 Å². The van der Waals surface area contributed by atoms with Crippen LogP contribution in [0.15, 0.2) is 12.4 Å². The molecule has 0 saturated heterocycles. The lowest BCUT2D eigenvalue weighted by molar-refractivity contribution is 0.703. The number of nitrogens with one attached hydrogen (secondary N) is 1. The first kappa shape index (κ1) is 9.78. The molecule has 0 fully saturated rings. The SMILES string of the molecule is CC(CCN)Nc1cncc2nnnn12. The summed E-state index contributed by atoms with van der Waals surface area (Å²) in [5.41, 5.74) is 6.10. The van der Waals surface area contributed by atoms with Gasteiger partial charge in [-0.2, -0.15) is 4.52 Å². The van der Waals surface area contributed by atoms with E-state index in [4.69, 9.17) is 5.73 Å². The maximum atomic E-state index is 5.47. The van der Waals surface area contributed by atoms with Crippen LogP contribution < -0.4 is 11.1 Å². The van der Waals surface area contributed by atoms with Crippen LogP contribution in [-0.2, 0) is 0 Å². The third-order valence-electron chi connectivity index (χ3n) is 2.10. The van der Waals surface area contributed by atoms with Gasteiger partial charge in [0.05, 0.1) is 12.4 Å². The van der Waals surface area contributed by atoms with E-state index in [2.05, 4.69) is 32.7 Å². The van der Waals surface area contributed by atoms with Gasteiger partial charge in [0.1, 0.15) is 0 Å². The third kappa shape index (κ3) is 2.01. The zero-order valence-corrected chi connectivity index (χ0v) is 8.46. The molecule has 3 N–H and O–H groups in total. The van der Waals surface area contributed by atoms with Gasteiger partial charge < -0.3 is 11.1 Å². The van der Waals surface area contributed by atoms with Crippen LogP contribution in [0.1, 0.15) is 13.3 Å². The van der Waals surface area contributed by atoms with Gasteiger partial charge >= 0.3 is 0 Å². The standard InChI is InChI=1S/C8H13N7/c1-6(2-3-9)11-7-4-10-5-8-12-13-14-15(7)8/h4-6,11H,2-3,9H2,1H3. The highest BCUT2D eigenvalue weighted by atomic mass is 15.5. The Kier molecular flexibility index (Phi) is 2.72. The van der Waals surface area contributed by atoms with E-state index in [0.29, 0.717) is 12.2 Å². The van der Waals surface area contributed by atoms with Crippen LogP contribution in [0.5, 0.6) is 0 Å². The van der Waals surface area contributed by atoms with E-state index in [9.17, 15) is 0 Å². The minimum atomic E-state index is 0.270.